The van der Waals surface area contributed by atoms with Gasteiger partial charge in [-0.25, -0.2) is 4.39 Å². The third-order valence-electron chi connectivity index (χ3n) is 6.41. The van der Waals surface area contributed by atoms with E-state index in [0.717, 1.165) is 57.5 Å². The van der Waals surface area contributed by atoms with Crippen molar-refractivity contribution >= 4 is 29.9 Å². The third kappa shape index (κ3) is 6.74. The molecule has 2 atom stereocenters. The highest BCUT2D eigenvalue weighted by molar-refractivity contribution is 14.0. The summed E-state index contributed by atoms with van der Waals surface area (Å²) in [6, 6.07) is 7.50. The molecule has 0 aliphatic carbocycles. The van der Waals surface area contributed by atoms with Crippen LogP contribution in [0.4, 0.5) is 4.39 Å². The van der Waals surface area contributed by atoms with Gasteiger partial charge in [0, 0.05) is 64.9 Å². The SMILES string of the molecule is CCNC(=NCC(c1ccc(F)cc1)N1CCOCC1)NCC1CN2CCN1CC2.I. The topological polar surface area (TPSA) is 55.4 Å². The van der Waals surface area contributed by atoms with Crippen LogP contribution in [0.1, 0.15) is 18.5 Å². The van der Waals surface area contributed by atoms with Crippen LogP contribution in [-0.4, -0.2) is 105 Å². The number of piperazine rings is 3. The minimum absolute atomic E-state index is 0. The molecule has 31 heavy (non-hydrogen) atoms. The van der Waals surface area contributed by atoms with Gasteiger partial charge in [-0.2, -0.15) is 0 Å². The van der Waals surface area contributed by atoms with Gasteiger partial charge in [-0.05, 0) is 24.6 Å². The lowest BCUT2D eigenvalue weighted by Crippen LogP contribution is -2.63. The summed E-state index contributed by atoms with van der Waals surface area (Å²) < 4.78 is 19.0. The molecule has 4 fully saturated rings. The zero-order chi connectivity index (χ0) is 20.8. The van der Waals surface area contributed by atoms with Crippen molar-refractivity contribution in [1.29, 1.82) is 0 Å². The maximum absolute atomic E-state index is 13.5. The lowest BCUT2D eigenvalue weighted by molar-refractivity contribution is 0.0153. The number of nitrogens with one attached hydrogen (secondary N) is 2. The molecule has 4 aliphatic rings. The molecule has 2 bridgehead atoms. The van der Waals surface area contributed by atoms with Gasteiger partial charge in [0.2, 0.25) is 0 Å². The number of guanidine groups is 1. The molecule has 0 spiro atoms. The van der Waals surface area contributed by atoms with E-state index in [0.29, 0.717) is 12.6 Å². The van der Waals surface area contributed by atoms with Crippen LogP contribution in [0.15, 0.2) is 29.3 Å². The first-order valence-electron chi connectivity index (χ1n) is 11.3. The number of ether oxygens (including phenoxy) is 1. The maximum Gasteiger partial charge on any atom is 0.191 e. The minimum Gasteiger partial charge on any atom is -0.379 e. The van der Waals surface area contributed by atoms with E-state index in [1.54, 1.807) is 0 Å². The van der Waals surface area contributed by atoms with E-state index >= 15 is 0 Å². The first kappa shape index (κ1) is 24.6. The molecule has 7 nitrogen and oxygen atoms in total. The van der Waals surface area contributed by atoms with Crippen molar-refractivity contribution in [2.75, 3.05) is 78.7 Å². The number of hydrogen-bond donors (Lipinski definition) is 2. The Hall–Kier alpha value is -1.01. The quantitative estimate of drug-likeness (QED) is 0.306. The normalized spacial score (nSPS) is 27.4. The van der Waals surface area contributed by atoms with E-state index in [4.69, 9.17) is 9.73 Å². The first-order valence-corrected chi connectivity index (χ1v) is 11.3. The van der Waals surface area contributed by atoms with Crippen LogP contribution in [0.5, 0.6) is 0 Å². The van der Waals surface area contributed by atoms with Gasteiger partial charge in [-0.1, -0.05) is 12.1 Å². The number of hydrogen-bond acceptors (Lipinski definition) is 5. The van der Waals surface area contributed by atoms with Crippen LogP contribution < -0.4 is 10.6 Å². The molecule has 2 unspecified atom stereocenters. The maximum atomic E-state index is 13.5. The molecule has 2 N–H and O–H groups in total. The number of fused-ring (bicyclic) bond motifs is 3. The molecular weight excluding hydrogens is 510 g/mol. The van der Waals surface area contributed by atoms with Crippen molar-refractivity contribution in [3.8, 4) is 0 Å². The second-order valence-corrected chi connectivity index (χ2v) is 8.31. The Morgan fingerprint density at radius 2 is 1.81 bits per heavy atom. The van der Waals surface area contributed by atoms with E-state index in [9.17, 15) is 4.39 Å². The van der Waals surface area contributed by atoms with E-state index < -0.39 is 0 Å². The van der Waals surface area contributed by atoms with Gasteiger partial charge < -0.3 is 15.4 Å². The number of halogens is 2. The molecule has 0 radical (unpaired) electrons. The number of benzene rings is 1. The molecule has 4 aliphatic heterocycles. The van der Waals surface area contributed by atoms with Gasteiger partial charge in [0.05, 0.1) is 25.8 Å². The fourth-order valence-electron chi connectivity index (χ4n) is 4.66. The molecule has 9 heteroatoms. The first-order chi connectivity index (χ1) is 14.7. The van der Waals surface area contributed by atoms with Crippen molar-refractivity contribution in [3.05, 3.63) is 35.6 Å². The third-order valence-corrected chi connectivity index (χ3v) is 6.41. The van der Waals surface area contributed by atoms with E-state index in [1.165, 1.54) is 38.3 Å². The average molecular weight is 546 g/mol. The second-order valence-electron chi connectivity index (χ2n) is 8.31. The van der Waals surface area contributed by atoms with Crippen molar-refractivity contribution in [2.45, 2.75) is 19.0 Å². The minimum atomic E-state index is -0.203. The highest BCUT2D eigenvalue weighted by Gasteiger charge is 2.31. The molecular formula is C22H36FIN6O. The van der Waals surface area contributed by atoms with E-state index in [1.807, 2.05) is 12.1 Å². The molecule has 4 heterocycles. The monoisotopic (exact) mass is 546 g/mol. The Morgan fingerprint density at radius 1 is 1.10 bits per heavy atom. The van der Waals surface area contributed by atoms with E-state index in [-0.39, 0.29) is 35.8 Å². The lowest BCUT2D eigenvalue weighted by atomic mass is 10.0. The molecule has 5 rings (SSSR count). The van der Waals surface area contributed by atoms with Crippen LogP contribution in [0.25, 0.3) is 0 Å². The molecule has 0 aromatic heterocycles. The number of aliphatic imine (C=N–C) groups is 1. The summed E-state index contributed by atoms with van der Waals surface area (Å²) in [5, 5.41) is 6.95. The van der Waals surface area contributed by atoms with Gasteiger partial charge in [-0.3, -0.25) is 19.7 Å². The zero-order valence-corrected chi connectivity index (χ0v) is 20.8. The van der Waals surface area contributed by atoms with E-state index in [2.05, 4.69) is 32.3 Å². The Kier molecular flexibility index (Phi) is 9.76. The van der Waals surface area contributed by atoms with Crippen molar-refractivity contribution in [1.82, 2.24) is 25.3 Å². The smallest absolute Gasteiger partial charge is 0.191 e. The predicted molar refractivity (Wildman–Crippen MR) is 133 cm³/mol. The summed E-state index contributed by atoms with van der Waals surface area (Å²) in [6.45, 7) is 13.5. The molecule has 4 saturated heterocycles. The fourth-order valence-corrected chi connectivity index (χ4v) is 4.66. The Labute approximate surface area is 202 Å². The highest BCUT2D eigenvalue weighted by atomic mass is 127. The van der Waals surface area contributed by atoms with Crippen molar-refractivity contribution in [2.24, 2.45) is 4.99 Å². The lowest BCUT2D eigenvalue weighted by Gasteiger charge is -2.47. The van der Waals surface area contributed by atoms with Gasteiger partial charge in [-0.15, -0.1) is 24.0 Å². The number of morpholine rings is 1. The molecule has 0 saturated carbocycles. The molecule has 1 aromatic carbocycles. The highest BCUT2D eigenvalue weighted by Crippen LogP contribution is 2.23. The second kappa shape index (κ2) is 12.3. The molecule has 1 aromatic rings. The van der Waals surface area contributed by atoms with Gasteiger partial charge in [0.15, 0.2) is 5.96 Å². The van der Waals surface area contributed by atoms with Crippen LogP contribution in [0.2, 0.25) is 0 Å². The van der Waals surface area contributed by atoms with Crippen LogP contribution in [0, 0.1) is 5.82 Å². The van der Waals surface area contributed by atoms with Crippen LogP contribution >= 0.6 is 24.0 Å². The number of nitrogens with zero attached hydrogens (tertiary/aromatic N) is 4. The van der Waals surface area contributed by atoms with Gasteiger partial charge in [0.1, 0.15) is 5.82 Å². The van der Waals surface area contributed by atoms with Crippen molar-refractivity contribution < 1.29 is 9.13 Å². The van der Waals surface area contributed by atoms with Crippen molar-refractivity contribution in [3.63, 3.8) is 0 Å². The van der Waals surface area contributed by atoms with Crippen LogP contribution in [-0.2, 0) is 4.74 Å². The zero-order valence-electron chi connectivity index (χ0n) is 18.4. The summed E-state index contributed by atoms with van der Waals surface area (Å²) in [6.07, 6.45) is 0. The van der Waals surface area contributed by atoms with Gasteiger partial charge >= 0.3 is 0 Å². The Bertz CT molecular complexity index is 692. The summed E-state index contributed by atoms with van der Waals surface area (Å²) in [5.41, 5.74) is 1.10. The number of rotatable bonds is 7. The largest absolute Gasteiger partial charge is 0.379 e. The predicted octanol–water partition coefficient (Wildman–Crippen LogP) is 1.37. The molecule has 174 valence electrons. The molecule has 0 amide bonds. The summed E-state index contributed by atoms with van der Waals surface area (Å²) >= 11 is 0. The van der Waals surface area contributed by atoms with Gasteiger partial charge in [0.25, 0.3) is 0 Å². The average Bonchev–Trinajstić information content (AvgIpc) is 2.80. The Balaban J connectivity index is 0.00000272. The standard InChI is InChI=1S/C22H35FN6O.HI/c1-2-24-22(25-15-20-17-27-7-9-28(20)10-8-27)26-16-21(29-11-13-30-14-12-29)18-3-5-19(23)6-4-18;/h3-6,20-21H,2,7-17H2,1H3,(H2,24,25,26);1H. The summed E-state index contributed by atoms with van der Waals surface area (Å²) in [7, 11) is 0. The summed E-state index contributed by atoms with van der Waals surface area (Å²) in [4.78, 5) is 12.5. The van der Waals surface area contributed by atoms with Crippen LogP contribution in [0.3, 0.4) is 0 Å². The summed E-state index contributed by atoms with van der Waals surface area (Å²) in [5.74, 6) is 0.654. The Morgan fingerprint density at radius 3 is 2.42 bits per heavy atom. The fraction of sp³-hybridized carbons (Fsp3) is 0.682.